The molecule has 0 fully saturated rings. The van der Waals surface area contributed by atoms with Gasteiger partial charge >= 0.3 is 0 Å². The standard InChI is InChI=1S/C14H14N4O2/c1-3-18-12(15-8-16-18)7-17-11-5-4-9(2)6-10(11)13(19)14(17)20/h4-6,8H,3,7H2,1-2H3. The third kappa shape index (κ3) is 1.80. The number of Topliss-reactive ketones (excluding diaryl/α,β-unsaturated/α-hetero) is 1. The van der Waals surface area contributed by atoms with E-state index in [0.29, 0.717) is 23.6 Å². The van der Waals surface area contributed by atoms with Crippen molar-refractivity contribution in [3.8, 4) is 0 Å². The molecule has 0 aliphatic carbocycles. The summed E-state index contributed by atoms with van der Waals surface area (Å²) in [5, 5.41) is 4.07. The number of benzene rings is 1. The molecule has 1 aromatic heterocycles. The first kappa shape index (κ1) is 12.5. The van der Waals surface area contributed by atoms with Crippen LogP contribution in [0.1, 0.15) is 28.7 Å². The van der Waals surface area contributed by atoms with Crippen LogP contribution in [-0.2, 0) is 17.9 Å². The van der Waals surface area contributed by atoms with E-state index >= 15 is 0 Å². The molecule has 0 N–H and O–H groups in total. The quantitative estimate of drug-likeness (QED) is 0.789. The molecule has 1 aliphatic heterocycles. The molecule has 0 saturated carbocycles. The van der Waals surface area contributed by atoms with Gasteiger partial charge in [-0.3, -0.25) is 14.5 Å². The number of carbonyl (C=O) groups excluding carboxylic acids is 2. The number of hydrogen-bond acceptors (Lipinski definition) is 4. The van der Waals surface area contributed by atoms with Gasteiger partial charge in [0, 0.05) is 6.54 Å². The second-order valence-electron chi connectivity index (χ2n) is 4.73. The van der Waals surface area contributed by atoms with Crippen molar-refractivity contribution in [2.45, 2.75) is 26.9 Å². The lowest BCUT2D eigenvalue weighted by atomic mass is 10.1. The zero-order chi connectivity index (χ0) is 14.3. The fourth-order valence-electron chi connectivity index (χ4n) is 2.39. The first-order valence-corrected chi connectivity index (χ1v) is 6.45. The summed E-state index contributed by atoms with van der Waals surface area (Å²) in [6.45, 7) is 4.78. The molecule has 0 saturated heterocycles. The van der Waals surface area contributed by atoms with Crippen LogP contribution >= 0.6 is 0 Å². The predicted molar refractivity (Wildman–Crippen MR) is 72.4 cm³/mol. The molecule has 6 nitrogen and oxygen atoms in total. The highest BCUT2D eigenvalue weighted by molar-refractivity contribution is 6.52. The summed E-state index contributed by atoms with van der Waals surface area (Å²) in [7, 11) is 0. The van der Waals surface area contributed by atoms with E-state index in [0.717, 1.165) is 5.56 Å². The second-order valence-corrected chi connectivity index (χ2v) is 4.73. The summed E-state index contributed by atoms with van der Waals surface area (Å²) >= 11 is 0. The summed E-state index contributed by atoms with van der Waals surface area (Å²) in [5.74, 6) is -0.287. The van der Waals surface area contributed by atoms with Gasteiger partial charge in [-0.1, -0.05) is 11.6 Å². The third-order valence-electron chi connectivity index (χ3n) is 3.42. The summed E-state index contributed by atoms with van der Waals surface area (Å²) in [6, 6.07) is 5.45. The largest absolute Gasteiger partial charge is 0.299 e. The van der Waals surface area contributed by atoms with Crippen LogP contribution < -0.4 is 4.90 Å². The van der Waals surface area contributed by atoms with Gasteiger partial charge in [0.1, 0.15) is 12.2 Å². The highest BCUT2D eigenvalue weighted by atomic mass is 16.2. The Morgan fingerprint density at radius 2 is 2.05 bits per heavy atom. The van der Waals surface area contributed by atoms with E-state index in [4.69, 9.17) is 0 Å². The Morgan fingerprint density at radius 1 is 1.25 bits per heavy atom. The number of hydrogen-bond donors (Lipinski definition) is 0. The Bertz CT molecular complexity index is 705. The number of ketones is 1. The van der Waals surface area contributed by atoms with Crippen molar-refractivity contribution in [1.82, 2.24) is 14.8 Å². The van der Waals surface area contributed by atoms with Gasteiger partial charge in [-0.15, -0.1) is 0 Å². The van der Waals surface area contributed by atoms with Crippen LogP contribution in [0.4, 0.5) is 5.69 Å². The van der Waals surface area contributed by atoms with E-state index in [1.165, 1.54) is 11.2 Å². The maximum absolute atomic E-state index is 12.1. The third-order valence-corrected chi connectivity index (χ3v) is 3.42. The van der Waals surface area contributed by atoms with Gasteiger partial charge in [0.25, 0.3) is 11.7 Å². The van der Waals surface area contributed by atoms with Gasteiger partial charge < -0.3 is 0 Å². The van der Waals surface area contributed by atoms with E-state index in [9.17, 15) is 9.59 Å². The first-order chi connectivity index (χ1) is 9.61. The maximum atomic E-state index is 12.1. The van der Waals surface area contributed by atoms with Gasteiger partial charge in [0.15, 0.2) is 0 Å². The molecule has 0 unspecified atom stereocenters. The van der Waals surface area contributed by atoms with E-state index in [1.807, 2.05) is 19.9 Å². The van der Waals surface area contributed by atoms with Crippen molar-refractivity contribution < 1.29 is 9.59 Å². The van der Waals surface area contributed by atoms with Gasteiger partial charge in [-0.25, -0.2) is 9.67 Å². The molecule has 1 amide bonds. The Labute approximate surface area is 116 Å². The molecule has 0 spiro atoms. The van der Waals surface area contributed by atoms with Crippen LogP contribution in [0.15, 0.2) is 24.5 Å². The molecule has 20 heavy (non-hydrogen) atoms. The minimum Gasteiger partial charge on any atom is -0.297 e. The summed E-state index contributed by atoms with van der Waals surface area (Å²) in [6.07, 6.45) is 1.46. The molecule has 2 aromatic rings. The number of rotatable bonds is 3. The minimum atomic E-state index is -0.503. The number of fused-ring (bicyclic) bond motifs is 1. The van der Waals surface area contributed by atoms with Crippen molar-refractivity contribution in [3.05, 3.63) is 41.5 Å². The topological polar surface area (TPSA) is 68.1 Å². The van der Waals surface area contributed by atoms with Gasteiger partial charge in [0.2, 0.25) is 0 Å². The van der Waals surface area contributed by atoms with Gasteiger partial charge in [-0.2, -0.15) is 5.10 Å². The number of anilines is 1. The Hall–Kier alpha value is -2.50. The number of carbonyl (C=O) groups is 2. The SMILES string of the molecule is CCn1ncnc1CN1C(=O)C(=O)c2cc(C)ccc21. The number of aryl methyl sites for hydroxylation is 2. The Morgan fingerprint density at radius 3 is 2.80 bits per heavy atom. The van der Waals surface area contributed by atoms with E-state index in [1.54, 1.807) is 16.8 Å². The smallest absolute Gasteiger partial charge is 0.297 e. The number of amides is 1. The number of aromatic nitrogens is 3. The van der Waals surface area contributed by atoms with Crippen LogP contribution in [0.2, 0.25) is 0 Å². The molecule has 0 atom stereocenters. The molecule has 102 valence electrons. The van der Waals surface area contributed by atoms with Crippen molar-refractivity contribution in [2.24, 2.45) is 0 Å². The van der Waals surface area contributed by atoms with Crippen LogP contribution in [0.25, 0.3) is 0 Å². The van der Waals surface area contributed by atoms with Crippen molar-refractivity contribution in [1.29, 1.82) is 0 Å². The van der Waals surface area contributed by atoms with Crippen molar-refractivity contribution in [2.75, 3.05) is 4.90 Å². The summed E-state index contributed by atoms with van der Waals surface area (Å²) in [5.41, 5.74) is 2.08. The molecule has 6 heteroatoms. The van der Waals surface area contributed by atoms with Gasteiger partial charge in [-0.05, 0) is 26.0 Å². The van der Waals surface area contributed by atoms with Gasteiger partial charge in [0.05, 0.1) is 17.8 Å². The molecular formula is C14H14N4O2. The minimum absolute atomic E-state index is 0.258. The van der Waals surface area contributed by atoms with Crippen molar-refractivity contribution >= 4 is 17.4 Å². The molecule has 0 bridgehead atoms. The average Bonchev–Trinajstić information content (AvgIpc) is 2.98. The highest BCUT2D eigenvalue weighted by Crippen LogP contribution is 2.30. The number of nitrogens with zero attached hydrogens (tertiary/aromatic N) is 4. The molecule has 1 aromatic carbocycles. The Kier molecular flexibility index (Phi) is 2.85. The lowest BCUT2D eigenvalue weighted by Crippen LogP contribution is -2.30. The molecular weight excluding hydrogens is 256 g/mol. The van der Waals surface area contributed by atoms with Crippen LogP contribution in [-0.4, -0.2) is 26.5 Å². The van der Waals surface area contributed by atoms with E-state index < -0.39 is 11.7 Å². The fourth-order valence-corrected chi connectivity index (χ4v) is 2.39. The van der Waals surface area contributed by atoms with Crippen LogP contribution in [0.3, 0.4) is 0 Å². The van der Waals surface area contributed by atoms with E-state index in [2.05, 4.69) is 10.1 Å². The first-order valence-electron chi connectivity index (χ1n) is 6.45. The summed E-state index contributed by atoms with van der Waals surface area (Å²) in [4.78, 5) is 29.7. The average molecular weight is 270 g/mol. The monoisotopic (exact) mass is 270 g/mol. The fraction of sp³-hybridized carbons (Fsp3) is 0.286. The zero-order valence-corrected chi connectivity index (χ0v) is 11.3. The second kappa shape index (κ2) is 4.56. The normalized spacial score (nSPS) is 14.0. The zero-order valence-electron chi connectivity index (χ0n) is 11.3. The molecule has 1 aliphatic rings. The van der Waals surface area contributed by atoms with E-state index in [-0.39, 0.29) is 6.54 Å². The summed E-state index contributed by atoms with van der Waals surface area (Å²) < 4.78 is 1.71. The van der Waals surface area contributed by atoms with Crippen LogP contribution in [0, 0.1) is 6.92 Å². The molecule has 3 rings (SSSR count). The Balaban J connectivity index is 1.99. The molecule has 2 heterocycles. The lowest BCUT2D eigenvalue weighted by molar-refractivity contribution is -0.114. The maximum Gasteiger partial charge on any atom is 0.299 e. The van der Waals surface area contributed by atoms with Crippen LogP contribution in [0.5, 0.6) is 0 Å². The van der Waals surface area contributed by atoms with Crippen molar-refractivity contribution in [3.63, 3.8) is 0 Å². The lowest BCUT2D eigenvalue weighted by Gasteiger charge is -2.16. The highest BCUT2D eigenvalue weighted by Gasteiger charge is 2.36. The predicted octanol–water partition coefficient (Wildman–Crippen LogP) is 1.34. The molecule has 0 radical (unpaired) electrons.